The summed E-state index contributed by atoms with van der Waals surface area (Å²) in [7, 11) is 1.13. The number of carbonyl (C=O) groups excluding carboxylic acids is 1. The lowest BCUT2D eigenvalue weighted by atomic mass is 9.99. The number of anilines is 1. The van der Waals surface area contributed by atoms with Crippen molar-refractivity contribution in [2.24, 2.45) is 0 Å². The van der Waals surface area contributed by atoms with Crippen LogP contribution in [0.5, 0.6) is 11.5 Å². The van der Waals surface area contributed by atoms with Gasteiger partial charge in [-0.2, -0.15) is 0 Å². The molecule has 3 N–H and O–H groups in total. The van der Waals surface area contributed by atoms with E-state index in [1.54, 1.807) is 18.2 Å². The number of nitrogens with zero attached hydrogens (tertiary/aromatic N) is 1. The van der Waals surface area contributed by atoms with Gasteiger partial charge in [0.15, 0.2) is 5.75 Å². The van der Waals surface area contributed by atoms with Gasteiger partial charge in [0.05, 0.1) is 19.3 Å². The number of aromatic carboxylic acids is 1. The highest BCUT2D eigenvalue weighted by molar-refractivity contribution is 6.09. The number of carboxylic acid groups (broad SMARTS) is 1. The minimum absolute atomic E-state index is 0.00634. The van der Waals surface area contributed by atoms with Crippen LogP contribution in [0.2, 0.25) is 0 Å². The van der Waals surface area contributed by atoms with Gasteiger partial charge in [0.1, 0.15) is 22.6 Å². The van der Waals surface area contributed by atoms with E-state index in [0.29, 0.717) is 18.6 Å². The summed E-state index contributed by atoms with van der Waals surface area (Å²) in [6, 6.07) is 26.9. The number of nitrogens with one attached hydrogen (secondary N) is 1. The number of aromatic hydroxyl groups is 1. The first kappa shape index (κ1) is 30.5. The monoisotopic (exact) mass is 582 g/mol. The lowest BCUT2D eigenvalue weighted by molar-refractivity contribution is 0.0597. The molecule has 0 bridgehead atoms. The molecule has 0 aliphatic carbocycles. The summed E-state index contributed by atoms with van der Waals surface area (Å²) in [4.78, 5) is 27.5. The Morgan fingerprint density at radius 3 is 2.21 bits per heavy atom. The van der Waals surface area contributed by atoms with Crippen LogP contribution >= 0.6 is 0 Å². The van der Waals surface area contributed by atoms with E-state index < -0.39 is 17.7 Å². The molecule has 0 radical (unpaired) electrons. The second kappa shape index (κ2) is 14.5. The summed E-state index contributed by atoms with van der Waals surface area (Å²) in [5, 5.41) is 23.3. The lowest BCUT2D eigenvalue weighted by Crippen LogP contribution is -2.07. The number of aromatic nitrogens is 1. The molecule has 0 spiro atoms. The van der Waals surface area contributed by atoms with Crippen molar-refractivity contribution in [3.63, 3.8) is 0 Å². The van der Waals surface area contributed by atoms with E-state index in [0.717, 1.165) is 36.7 Å². The van der Waals surface area contributed by atoms with Gasteiger partial charge in [0.25, 0.3) is 0 Å². The first-order valence-electron chi connectivity index (χ1n) is 13.5. The van der Waals surface area contributed by atoms with Gasteiger partial charge in [-0.15, -0.1) is 0 Å². The van der Waals surface area contributed by atoms with Gasteiger partial charge in [-0.25, -0.2) is 14.0 Å². The molecule has 0 saturated carbocycles. The van der Waals surface area contributed by atoms with Crippen LogP contribution in [0.1, 0.15) is 44.3 Å². The Morgan fingerprint density at radius 1 is 0.884 bits per heavy atom. The molecule has 1 aromatic heterocycles. The van der Waals surface area contributed by atoms with Gasteiger partial charge in [0.2, 0.25) is 0 Å². The molecule has 5 aromatic rings. The molecule has 0 amide bonds. The Balaban J connectivity index is 0.000000215. The molecule has 0 unspecified atom stereocenters. The summed E-state index contributed by atoms with van der Waals surface area (Å²) in [5.74, 6) is -1.99. The molecular formula is C34H31FN2O6. The SMILES string of the molecule is CCOc1ccc(NCc2ccccc2)cc1.COC(=O)c1cc(C(=O)O)c2cc(Cc3ccc(F)cc3)cnc2c1O. The van der Waals surface area contributed by atoms with Crippen molar-refractivity contribution >= 4 is 28.5 Å². The Labute approximate surface area is 248 Å². The number of benzene rings is 4. The Hall–Kier alpha value is -5.44. The summed E-state index contributed by atoms with van der Waals surface area (Å²) >= 11 is 0. The van der Waals surface area contributed by atoms with Gasteiger partial charge < -0.3 is 25.0 Å². The predicted octanol–water partition coefficient (Wildman–Crippen LogP) is 6.85. The number of fused-ring (bicyclic) bond motifs is 1. The zero-order chi connectivity index (χ0) is 30.8. The molecule has 1 heterocycles. The fourth-order valence-electron chi connectivity index (χ4n) is 4.33. The average molecular weight is 583 g/mol. The third-order valence-corrected chi connectivity index (χ3v) is 6.46. The van der Waals surface area contributed by atoms with Crippen LogP contribution in [0.25, 0.3) is 10.9 Å². The van der Waals surface area contributed by atoms with E-state index in [1.165, 1.54) is 23.9 Å². The Bertz CT molecular complexity index is 1690. The molecular weight excluding hydrogens is 551 g/mol. The zero-order valence-electron chi connectivity index (χ0n) is 23.7. The van der Waals surface area contributed by atoms with Crippen molar-refractivity contribution < 1.29 is 33.7 Å². The van der Waals surface area contributed by atoms with Crippen molar-refractivity contribution in [1.82, 2.24) is 4.98 Å². The molecule has 43 heavy (non-hydrogen) atoms. The topological polar surface area (TPSA) is 118 Å². The number of esters is 1. The van der Waals surface area contributed by atoms with Crippen LogP contribution < -0.4 is 10.1 Å². The van der Waals surface area contributed by atoms with E-state index in [1.807, 2.05) is 37.3 Å². The fourth-order valence-corrected chi connectivity index (χ4v) is 4.33. The van der Waals surface area contributed by atoms with Gasteiger partial charge in [-0.1, -0.05) is 42.5 Å². The van der Waals surface area contributed by atoms with Crippen LogP contribution in [0.3, 0.4) is 0 Å². The normalized spacial score (nSPS) is 10.4. The maximum absolute atomic E-state index is 13.0. The third-order valence-electron chi connectivity index (χ3n) is 6.46. The van der Waals surface area contributed by atoms with Crippen molar-refractivity contribution in [1.29, 1.82) is 0 Å². The number of carboxylic acids is 1. The summed E-state index contributed by atoms with van der Waals surface area (Å²) < 4.78 is 23.0. The molecule has 5 rings (SSSR count). The third kappa shape index (κ3) is 8.07. The molecule has 9 heteroatoms. The first-order chi connectivity index (χ1) is 20.8. The van der Waals surface area contributed by atoms with Crippen LogP contribution in [-0.2, 0) is 17.7 Å². The second-order valence-electron chi connectivity index (χ2n) is 9.46. The van der Waals surface area contributed by atoms with E-state index in [4.69, 9.17) is 4.74 Å². The number of hydrogen-bond acceptors (Lipinski definition) is 7. The van der Waals surface area contributed by atoms with Crippen molar-refractivity contribution in [3.8, 4) is 11.5 Å². The average Bonchev–Trinajstić information content (AvgIpc) is 3.02. The molecule has 8 nitrogen and oxygen atoms in total. The molecule has 0 fully saturated rings. The number of pyridine rings is 1. The number of methoxy groups -OCH3 is 1. The van der Waals surface area contributed by atoms with Crippen molar-refractivity contribution in [2.45, 2.75) is 19.9 Å². The number of halogens is 1. The van der Waals surface area contributed by atoms with E-state index in [-0.39, 0.29) is 27.8 Å². The lowest BCUT2D eigenvalue weighted by Gasteiger charge is -2.10. The minimum Gasteiger partial charge on any atom is -0.505 e. The number of rotatable bonds is 9. The van der Waals surface area contributed by atoms with Gasteiger partial charge >= 0.3 is 11.9 Å². The van der Waals surface area contributed by atoms with E-state index in [2.05, 4.69) is 39.3 Å². The molecule has 0 aliphatic rings. The van der Waals surface area contributed by atoms with Gasteiger partial charge in [-0.3, -0.25) is 4.98 Å². The van der Waals surface area contributed by atoms with Crippen LogP contribution in [0.4, 0.5) is 10.1 Å². The molecule has 0 atom stereocenters. The smallest absolute Gasteiger partial charge is 0.341 e. The summed E-state index contributed by atoms with van der Waals surface area (Å²) in [5.41, 5.74) is 3.44. The highest BCUT2D eigenvalue weighted by atomic mass is 19.1. The van der Waals surface area contributed by atoms with E-state index >= 15 is 0 Å². The van der Waals surface area contributed by atoms with Crippen LogP contribution in [0.15, 0.2) is 97.2 Å². The number of ether oxygens (including phenoxy) is 2. The number of hydrogen-bond donors (Lipinski definition) is 3. The fraction of sp³-hybridized carbons (Fsp3) is 0.147. The van der Waals surface area contributed by atoms with Crippen molar-refractivity contribution in [3.05, 3.63) is 131 Å². The molecule has 220 valence electrons. The summed E-state index contributed by atoms with van der Waals surface area (Å²) in [6.45, 7) is 3.53. The molecule has 0 saturated heterocycles. The minimum atomic E-state index is -1.26. The number of carbonyl (C=O) groups is 2. The van der Waals surface area contributed by atoms with Gasteiger partial charge in [-0.05, 0) is 78.6 Å². The van der Waals surface area contributed by atoms with Crippen LogP contribution in [0, 0.1) is 5.82 Å². The Morgan fingerprint density at radius 2 is 1.58 bits per heavy atom. The standard InChI is InChI=1S/C19H14FNO5.C15H17NO/c1-26-19(25)15-8-14(18(23)24)13-7-11(9-21-16(13)17(15)22)6-10-2-4-12(20)5-3-10;1-2-17-15-10-8-14(9-11-15)16-12-13-6-4-3-5-7-13/h2-5,7-9,22H,6H2,1H3,(H,23,24);3-11,16H,2,12H2,1H3. The number of phenolic OH excluding ortho intramolecular Hbond substituents is 1. The van der Waals surface area contributed by atoms with Crippen molar-refractivity contribution in [2.75, 3.05) is 19.0 Å². The molecule has 4 aromatic carbocycles. The second-order valence-corrected chi connectivity index (χ2v) is 9.46. The molecule has 0 aliphatic heterocycles. The maximum atomic E-state index is 13.0. The highest BCUT2D eigenvalue weighted by Gasteiger charge is 2.22. The Kier molecular flexibility index (Phi) is 10.3. The maximum Gasteiger partial charge on any atom is 0.341 e. The predicted molar refractivity (Wildman–Crippen MR) is 162 cm³/mol. The quantitative estimate of drug-likeness (QED) is 0.162. The zero-order valence-corrected chi connectivity index (χ0v) is 23.7. The number of phenols is 1. The van der Waals surface area contributed by atoms with Gasteiger partial charge in [0, 0.05) is 23.8 Å². The van der Waals surface area contributed by atoms with E-state index in [9.17, 15) is 24.2 Å². The largest absolute Gasteiger partial charge is 0.505 e. The van der Waals surface area contributed by atoms with Crippen LogP contribution in [-0.4, -0.2) is 40.9 Å². The highest BCUT2D eigenvalue weighted by Crippen LogP contribution is 2.32. The first-order valence-corrected chi connectivity index (χ1v) is 13.5. The summed E-state index contributed by atoms with van der Waals surface area (Å²) in [6.07, 6.45) is 1.87.